The van der Waals surface area contributed by atoms with Gasteiger partial charge in [-0.05, 0) is 24.6 Å². The number of thiophene rings is 1. The Morgan fingerprint density at radius 1 is 1.17 bits per heavy atom. The third kappa shape index (κ3) is 4.58. The van der Waals surface area contributed by atoms with Gasteiger partial charge in [0, 0.05) is 24.0 Å². The van der Waals surface area contributed by atoms with E-state index < -0.39 is 15.9 Å². The number of rotatable bonds is 5. The number of benzene rings is 1. The van der Waals surface area contributed by atoms with Crippen LogP contribution in [0.15, 0.2) is 48.5 Å². The molecule has 1 saturated heterocycles. The fourth-order valence-electron chi connectivity index (χ4n) is 3.43. The summed E-state index contributed by atoms with van der Waals surface area (Å²) in [4.78, 5) is 17.3. The highest BCUT2D eigenvalue weighted by Crippen LogP contribution is 2.29. The predicted octanol–water partition coefficient (Wildman–Crippen LogP) is 2.86. The zero-order valence-corrected chi connectivity index (χ0v) is 17.6. The maximum atomic E-state index is 13.2. The quantitative estimate of drug-likeness (QED) is 0.649. The summed E-state index contributed by atoms with van der Waals surface area (Å²) in [6.07, 6.45) is 0. The Morgan fingerprint density at radius 2 is 1.90 bits per heavy atom. The maximum absolute atomic E-state index is 13.2. The van der Waals surface area contributed by atoms with Gasteiger partial charge in [0.15, 0.2) is 15.7 Å². The van der Waals surface area contributed by atoms with Gasteiger partial charge in [0.2, 0.25) is 5.91 Å². The van der Waals surface area contributed by atoms with Gasteiger partial charge < -0.3 is 5.32 Å². The molecule has 3 heterocycles. The first-order valence-corrected chi connectivity index (χ1v) is 12.0. The summed E-state index contributed by atoms with van der Waals surface area (Å²) >= 11 is 1.65. The van der Waals surface area contributed by atoms with E-state index in [1.165, 1.54) is 4.88 Å². The molecule has 1 fully saturated rings. The molecule has 4 rings (SSSR count). The topological polar surface area (TPSA) is 95.2 Å². The molecule has 1 aliphatic heterocycles. The fraction of sp³-hybridized carbons (Fsp3) is 0.300. The molecule has 1 unspecified atom stereocenters. The Kier molecular flexibility index (Phi) is 5.53. The van der Waals surface area contributed by atoms with Crippen molar-refractivity contribution in [3.63, 3.8) is 0 Å². The van der Waals surface area contributed by atoms with Crippen LogP contribution in [0.25, 0.3) is 10.6 Å². The van der Waals surface area contributed by atoms with E-state index in [1.54, 1.807) is 11.3 Å². The zero-order valence-electron chi connectivity index (χ0n) is 16.0. The van der Waals surface area contributed by atoms with Crippen LogP contribution in [0, 0.1) is 6.92 Å². The van der Waals surface area contributed by atoms with Crippen LogP contribution in [0.2, 0.25) is 0 Å². The average Bonchev–Trinajstić information content (AvgIpc) is 3.33. The molecular formula is C20H22N4O3S2. The van der Waals surface area contributed by atoms with Crippen LogP contribution in [0.3, 0.4) is 0 Å². The van der Waals surface area contributed by atoms with Gasteiger partial charge in [0.1, 0.15) is 6.04 Å². The number of carbonyl (C=O) groups is 1. The van der Waals surface area contributed by atoms with Crippen molar-refractivity contribution in [2.75, 3.05) is 29.9 Å². The Hall–Kier alpha value is -2.49. The second-order valence-corrected chi connectivity index (χ2v) is 10.7. The lowest BCUT2D eigenvalue weighted by atomic mass is 10.0. The molecule has 152 valence electrons. The SMILES string of the molecule is Cc1ccc(-c2cc(NC(=O)C(c3ccccc3)N3CCS(=O)(=O)CC3)n[nH]2)s1. The molecular weight excluding hydrogens is 408 g/mol. The van der Waals surface area contributed by atoms with Gasteiger partial charge in [-0.25, -0.2) is 8.42 Å². The molecule has 0 bridgehead atoms. The molecule has 0 radical (unpaired) electrons. The van der Waals surface area contributed by atoms with E-state index in [0.717, 1.165) is 16.1 Å². The molecule has 9 heteroatoms. The molecule has 2 aromatic heterocycles. The highest BCUT2D eigenvalue weighted by Gasteiger charge is 2.32. The summed E-state index contributed by atoms with van der Waals surface area (Å²) in [5.74, 6) is 0.347. The number of aromatic nitrogens is 2. The van der Waals surface area contributed by atoms with E-state index in [1.807, 2.05) is 60.4 Å². The minimum absolute atomic E-state index is 0.0634. The highest BCUT2D eigenvalue weighted by atomic mass is 32.2. The number of aromatic amines is 1. The smallest absolute Gasteiger partial charge is 0.247 e. The van der Waals surface area contributed by atoms with Gasteiger partial charge in [0.05, 0.1) is 22.1 Å². The molecule has 29 heavy (non-hydrogen) atoms. The summed E-state index contributed by atoms with van der Waals surface area (Å²) < 4.78 is 23.6. The first-order valence-electron chi connectivity index (χ1n) is 9.34. The number of carbonyl (C=O) groups excluding carboxylic acids is 1. The Balaban J connectivity index is 1.55. The van der Waals surface area contributed by atoms with Crippen molar-refractivity contribution in [1.29, 1.82) is 0 Å². The van der Waals surface area contributed by atoms with Crippen LogP contribution >= 0.6 is 11.3 Å². The Morgan fingerprint density at radius 3 is 2.55 bits per heavy atom. The number of sulfone groups is 1. The fourth-order valence-corrected chi connectivity index (χ4v) is 5.50. The lowest BCUT2D eigenvalue weighted by Gasteiger charge is -2.33. The van der Waals surface area contributed by atoms with Crippen molar-refractivity contribution in [1.82, 2.24) is 15.1 Å². The van der Waals surface area contributed by atoms with Crippen LogP contribution in [-0.4, -0.2) is 54.0 Å². The number of nitrogens with one attached hydrogen (secondary N) is 2. The average molecular weight is 431 g/mol. The van der Waals surface area contributed by atoms with E-state index in [-0.39, 0.29) is 17.4 Å². The molecule has 0 spiro atoms. The molecule has 1 atom stereocenters. The van der Waals surface area contributed by atoms with Gasteiger partial charge in [-0.15, -0.1) is 11.3 Å². The normalized spacial score (nSPS) is 17.7. The molecule has 3 aromatic rings. The number of hydrogen-bond acceptors (Lipinski definition) is 6. The van der Waals surface area contributed by atoms with Gasteiger partial charge >= 0.3 is 0 Å². The predicted molar refractivity (Wildman–Crippen MR) is 115 cm³/mol. The van der Waals surface area contributed by atoms with Crippen molar-refractivity contribution in [2.24, 2.45) is 0 Å². The van der Waals surface area contributed by atoms with E-state index in [9.17, 15) is 13.2 Å². The van der Waals surface area contributed by atoms with E-state index in [4.69, 9.17) is 0 Å². The van der Waals surface area contributed by atoms with E-state index in [0.29, 0.717) is 18.9 Å². The van der Waals surface area contributed by atoms with Crippen molar-refractivity contribution >= 4 is 32.9 Å². The number of aryl methyl sites for hydroxylation is 1. The molecule has 1 aliphatic rings. The van der Waals surface area contributed by atoms with E-state index >= 15 is 0 Å². The Bertz CT molecular complexity index is 1090. The second-order valence-electron chi connectivity index (χ2n) is 7.07. The number of H-pyrrole nitrogens is 1. The van der Waals surface area contributed by atoms with Crippen molar-refractivity contribution in [3.05, 3.63) is 59.0 Å². The molecule has 2 N–H and O–H groups in total. The molecule has 0 saturated carbocycles. The monoisotopic (exact) mass is 430 g/mol. The van der Waals surface area contributed by atoms with Gasteiger partial charge in [-0.1, -0.05) is 30.3 Å². The first kappa shape index (κ1) is 19.8. The third-order valence-electron chi connectivity index (χ3n) is 4.94. The van der Waals surface area contributed by atoms with Crippen molar-refractivity contribution in [3.8, 4) is 10.6 Å². The third-order valence-corrected chi connectivity index (χ3v) is 7.59. The van der Waals surface area contributed by atoms with Crippen molar-refractivity contribution in [2.45, 2.75) is 13.0 Å². The van der Waals surface area contributed by atoms with Gasteiger partial charge in [-0.2, -0.15) is 5.10 Å². The lowest BCUT2D eigenvalue weighted by Crippen LogP contribution is -2.46. The number of amides is 1. The van der Waals surface area contributed by atoms with Crippen LogP contribution in [0.4, 0.5) is 5.82 Å². The zero-order chi connectivity index (χ0) is 20.4. The largest absolute Gasteiger partial charge is 0.308 e. The summed E-state index contributed by atoms with van der Waals surface area (Å²) in [6.45, 7) is 2.70. The first-order chi connectivity index (χ1) is 13.9. The lowest BCUT2D eigenvalue weighted by molar-refractivity contribution is -0.121. The standard InChI is InChI=1S/C20H22N4O3S2/c1-14-7-8-17(28-14)16-13-18(23-22-16)21-20(25)19(15-5-3-2-4-6-15)24-9-11-29(26,27)12-10-24/h2-8,13,19H,9-12H2,1H3,(H2,21,22,23,25). The minimum atomic E-state index is -3.03. The maximum Gasteiger partial charge on any atom is 0.247 e. The molecule has 1 aromatic carbocycles. The van der Waals surface area contributed by atoms with E-state index in [2.05, 4.69) is 15.5 Å². The number of hydrogen-bond donors (Lipinski definition) is 2. The Labute approximate surface area is 173 Å². The number of nitrogens with zero attached hydrogens (tertiary/aromatic N) is 2. The van der Waals surface area contributed by atoms with Gasteiger partial charge in [-0.3, -0.25) is 14.8 Å². The second kappa shape index (κ2) is 8.10. The summed E-state index contributed by atoms with van der Waals surface area (Å²) in [5, 5.41) is 10.1. The van der Waals surface area contributed by atoms with Crippen LogP contribution in [0.5, 0.6) is 0 Å². The molecule has 1 amide bonds. The highest BCUT2D eigenvalue weighted by molar-refractivity contribution is 7.91. The summed E-state index contributed by atoms with van der Waals surface area (Å²) in [7, 11) is -3.03. The minimum Gasteiger partial charge on any atom is -0.308 e. The van der Waals surface area contributed by atoms with Crippen LogP contribution in [0.1, 0.15) is 16.5 Å². The number of anilines is 1. The van der Waals surface area contributed by atoms with Gasteiger partial charge in [0.25, 0.3) is 0 Å². The van der Waals surface area contributed by atoms with Crippen LogP contribution < -0.4 is 5.32 Å². The summed E-state index contributed by atoms with van der Waals surface area (Å²) in [6, 6.07) is 14.7. The summed E-state index contributed by atoms with van der Waals surface area (Å²) in [5.41, 5.74) is 1.67. The molecule has 7 nitrogen and oxygen atoms in total. The van der Waals surface area contributed by atoms with Crippen molar-refractivity contribution < 1.29 is 13.2 Å². The van der Waals surface area contributed by atoms with Crippen LogP contribution in [-0.2, 0) is 14.6 Å². The molecule has 0 aliphatic carbocycles.